The smallest absolute Gasteiger partial charge is 0.363 e. The molecule has 26 heavy (non-hydrogen) atoms. The minimum absolute atomic E-state index is 0.253. The number of halogens is 1. The second-order valence-electron chi connectivity index (χ2n) is 5.60. The zero-order valence-electron chi connectivity index (χ0n) is 14.5. The predicted molar refractivity (Wildman–Crippen MR) is 109 cm³/mol. The first-order chi connectivity index (χ1) is 12.6. The molecule has 0 aliphatic carbocycles. The van der Waals surface area contributed by atoms with Gasteiger partial charge >= 0.3 is 5.97 Å². The number of nitrogens with zero attached hydrogens (tertiary/aromatic N) is 1. The molecule has 0 radical (unpaired) electrons. The average molecular weight is 463 g/mol. The molecule has 6 heteroatoms. The van der Waals surface area contributed by atoms with Gasteiger partial charge in [-0.1, -0.05) is 13.0 Å². The average Bonchev–Trinajstić information content (AvgIpc) is 3.01. The Bertz CT molecular complexity index is 872. The van der Waals surface area contributed by atoms with Gasteiger partial charge in [0.05, 0.1) is 13.7 Å². The summed E-state index contributed by atoms with van der Waals surface area (Å²) < 4.78 is 17.4. The van der Waals surface area contributed by atoms with Gasteiger partial charge in [-0.15, -0.1) is 0 Å². The largest absolute Gasteiger partial charge is 0.493 e. The second kappa shape index (κ2) is 8.35. The van der Waals surface area contributed by atoms with Crippen molar-refractivity contribution in [2.75, 3.05) is 13.7 Å². The Morgan fingerprint density at radius 1 is 1.15 bits per heavy atom. The van der Waals surface area contributed by atoms with Crippen LogP contribution in [0.15, 0.2) is 53.2 Å². The van der Waals surface area contributed by atoms with Crippen LogP contribution in [0.3, 0.4) is 0 Å². The van der Waals surface area contributed by atoms with Crippen molar-refractivity contribution in [2.45, 2.75) is 13.3 Å². The molecule has 1 heterocycles. The molecule has 0 spiro atoms. The zero-order valence-corrected chi connectivity index (χ0v) is 16.6. The van der Waals surface area contributed by atoms with Gasteiger partial charge in [0.15, 0.2) is 17.2 Å². The number of aliphatic imine (C=N–C) groups is 1. The third kappa shape index (κ3) is 4.24. The van der Waals surface area contributed by atoms with Crippen LogP contribution in [0.25, 0.3) is 6.08 Å². The van der Waals surface area contributed by atoms with Crippen molar-refractivity contribution in [3.8, 4) is 11.5 Å². The standard InChI is InChI=1S/C20H18INO4/c1-3-10-25-17-9-4-13(12-18(17)24-2)11-16-20(23)26-19(22-16)14-5-7-15(21)8-6-14/h4-9,11-12H,3,10H2,1-2H3/b16-11-. The molecule has 0 aromatic heterocycles. The molecule has 1 aliphatic rings. The van der Waals surface area contributed by atoms with E-state index in [4.69, 9.17) is 14.2 Å². The molecule has 0 atom stereocenters. The van der Waals surface area contributed by atoms with Crippen LogP contribution in [-0.4, -0.2) is 25.6 Å². The molecule has 0 saturated heterocycles. The van der Waals surface area contributed by atoms with Crippen LogP contribution in [0.2, 0.25) is 0 Å². The topological polar surface area (TPSA) is 57.1 Å². The number of carbonyl (C=O) groups is 1. The maximum Gasteiger partial charge on any atom is 0.363 e. The molecule has 0 bridgehead atoms. The van der Waals surface area contributed by atoms with Gasteiger partial charge in [0.25, 0.3) is 0 Å². The molecule has 3 rings (SSSR count). The monoisotopic (exact) mass is 463 g/mol. The maximum atomic E-state index is 12.1. The molecular weight excluding hydrogens is 445 g/mol. The molecule has 1 aliphatic heterocycles. The maximum absolute atomic E-state index is 12.1. The van der Waals surface area contributed by atoms with Crippen LogP contribution < -0.4 is 9.47 Å². The number of hydrogen-bond donors (Lipinski definition) is 0. The number of methoxy groups -OCH3 is 1. The molecule has 134 valence electrons. The fourth-order valence-corrected chi connectivity index (χ4v) is 2.75. The van der Waals surface area contributed by atoms with Gasteiger partial charge in [-0.2, -0.15) is 0 Å². The summed E-state index contributed by atoms with van der Waals surface area (Å²) in [5.74, 6) is 1.13. The van der Waals surface area contributed by atoms with Crippen LogP contribution in [0.1, 0.15) is 24.5 Å². The van der Waals surface area contributed by atoms with Crippen molar-refractivity contribution in [3.05, 3.63) is 62.9 Å². The number of ether oxygens (including phenoxy) is 3. The Hall–Kier alpha value is -2.35. The molecule has 2 aromatic carbocycles. The first-order valence-electron chi connectivity index (χ1n) is 8.20. The Morgan fingerprint density at radius 2 is 1.92 bits per heavy atom. The van der Waals surface area contributed by atoms with E-state index >= 15 is 0 Å². The summed E-state index contributed by atoms with van der Waals surface area (Å²) in [5.41, 5.74) is 1.80. The lowest BCUT2D eigenvalue weighted by molar-refractivity contribution is -0.129. The van der Waals surface area contributed by atoms with Crippen LogP contribution in [0, 0.1) is 3.57 Å². The highest BCUT2D eigenvalue weighted by Crippen LogP contribution is 2.30. The highest BCUT2D eigenvalue weighted by atomic mass is 127. The lowest BCUT2D eigenvalue weighted by Crippen LogP contribution is -2.05. The van der Waals surface area contributed by atoms with Gasteiger partial charge in [0.1, 0.15) is 0 Å². The van der Waals surface area contributed by atoms with Gasteiger partial charge in [-0.25, -0.2) is 9.79 Å². The summed E-state index contributed by atoms with van der Waals surface area (Å²) in [6.45, 7) is 2.66. The normalized spacial score (nSPS) is 15.0. The molecule has 0 fully saturated rings. The number of esters is 1. The van der Waals surface area contributed by atoms with Crippen LogP contribution in [0.5, 0.6) is 11.5 Å². The van der Waals surface area contributed by atoms with Crippen molar-refractivity contribution in [1.29, 1.82) is 0 Å². The minimum Gasteiger partial charge on any atom is -0.493 e. The summed E-state index contributed by atoms with van der Waals surface area (Å²) in [7, 11) is 1.59. The summed E-state index contributed by atoms with van der Waals surface area (Å²) in [6, 6.07) is 13.1. The van der Waals surface area contributed by atoms with Gasteiger partial charge < -0.3 is 14.2 Å². The van der Waals surface area contributed by atoms with Gasteiger partial charge in [0.2, 0.25) is 5.90 Å². The predicted octanol–water partition coefficient (Wildman–Crippen LogP) is 4.43. The summed E-state index contributed by atoms with van der Waals surface area (Å²) >= 11 is 2.22. The highest BCUT2D eigenvalue weighted by molar-refractivity contribution is 14.1. The van der Waals surface area contributed by atoms with Crippen molar-refractivity contribution in [1.82, 2.24) is 0 Å². The Labute approximate surface area is 165 Å². The highest BCUT2D eigenvalue weighted by Gasteiger charge is 2.24. The SMILES string of the molecule is CCCOc1ccc(/C=C2\N=C(c3ccc(I)cc3)OC2=O)cc1OC. The quantitative estimate of drug-likeness (QED) is 0.361. The number of cyclic esters (lactones) is 1. The fraction of sp³-hybridized carbons (Fsp3) is 0.200. The van der Waals surface area contributed by atoms with Crippen molar-refractivity contribution in [3.63, 3.8) is 0 Å². The molecule has 0 N–H and O–H groups in total. The lowest BCUT2D eigenvalue weighted by Gasteiger charge is -2.10. The first kappa shape index (κ1) is 18.4. The van der Waals surface area contributed by atoms with Gasteiger partial charge in [0, 0.05) is 9.13 Å². The van der Waals surface area contributed by atoms with E-state index in [1.165, 1.54) is 0 Å². The number of hydrogen-bond acceptors (Lipinski definition) is 5. The van der Waals surface area contributed by atoms with Crippen LogP contribution >= 0.6 is 22.6 Å². The Balaban J connectivity index is 1.86. The first-order valence-corrected chi connectivity index (χ1v) is 9.28. The summed E-state index contributed by atoms with van der Waals surface area (Å²) in [5, 5.41) is 0. The van der Waals surface area contributed by atoms with Crippen molar-refractivity contribution >= 4 is 40.5 Å². The van der Waals surface area contributed by atoms with Gasteiger partial charge in [-0.3, -0.25) is 0 Å². The van der Waals surface area contributed by atoms with E-state index in [1.807, 2.05) is 49.4 Å². The molecule has 2 aromatic rings. The number of carbonyl (C=O) groups excluding carboxylic acids is 1. The van der Waals surface area contributed by atoms with Crippen LogP contribution in [-0.2, 0) is 9.53 Å². The van der Waals surface area contributed by atoms with Crippen LogP contribution in [0.4, 0.5) is 0 Å². The third-order valence-electron chi connectivity index (χ3n) is 3.66. The van der Waals surface area contributed by atoms with E-state index in [1.54, 1.807) is 13.2 Å². The summed E-state index contributed by atoms with van der Waals surface area (Å²) in [4.78, 5) is 16.5. The fourth-order valence-electron chi connectivity index (χ4n) is 2.39. The Morgan fingerprint density at radius 3 is 2.62 bits per heavy atom. The van der Waals surface area contributed by atoms with E-state index < -0.39 is 5.97 Å². The molecular formula is C20H18INO4. The summed E-state index contributed by atoms with van der Waals surface area (Å²) in [6.07, 6.45) is 2.59. The molecule has 5 nitrogen and oxygen atoms in total. The molecule has 0 unspecified atom stereocenters. The van der Waals surface area contributed by atoms with E-state index in [0.29, 0.717) is 24.0 Å². The Kier molecular flexibility index (Phi) is 5.92. The van der Waals surface area contributed by atoms with Gasteiger partial charge in [-0.05, 0) is 77.0 Å². The van der Waals surface area contributed by atoms with E-state index in [0.717, 1.165) is 21.1 Å². The molecule has 0 amide bonds. The third-order valence-corrected chi connectivity index (χ3v) is 4.38. The number of rotatable bonds is 6. The molecule has 0 saturated carbocycles. The number of benzene rings is 2. The van der Waals surface area contributed by atoms with Crippen molar-refractivity contribution in [2.24, 2.45) is 4.99 Å². The van der Waals surface area contributed by atoms with Crippen molar-refractivity contribution < 1.29 is 19.0 Å². The van der Waals surface area contributed by atoms with E-state index in [9.17, 15) is 4.79 Å². The minimum atomic E-state index is -0.469. The zero-order chi connectivity index (χ0) is 18.5. The second-order valence-corrected chi connectivity index (χ2v) is 6.85. The lowest BCUT2D eigenvalue weighted by atomic mass is 10.1. The van der Waals surface area contributed by atoms with E-state index in [-0.39, 0.29) is 5.70 Å². The van der Waals surface area contributed by atoms with E-state index in [2.05, 4.69) is 27.6 Å².